The third-order valence-electron chi connectivity index (χ3n) is 4.70. The summed E-state index contributed by atoms with van der Waals surface area (Å²) in [5.74, 6) is 0.342. The van der Waals surface area contributed by atoms with Crippen molar-refractivity contribution < 1.29 is 4.39 Å². The number of nitrogens with zero attached hydrogens (tertiary/aromatic N) is 4. The molecule has 0 aliphatic rings. The molecule has 0 unspecified atom stereocenters. The molecule has 0 atom stereocenters. The molecule has 0 N–H and O–H groups in total. The van der Waals surface area contributed by atoms with Crippen molar-refractivity contribution in [1.82, 2.24) is 9.38 Å². The first-order chi connectivity index (χ1) is 13.0. The zero-order valence-electron chi connectivity index (χ0n) is 15.4. The Bertz CT molecular complexity index is 1160. The van der Waals surface area contributed by atoms with Gasteiger partial charge < -0.3 is 0 Å². The van der Waals surface area contributed by atoms with E-state index in [1.165, 1.54) is 17.7 Å². The van der Waals surface area contributed by atoms with Gasteiger partial charge in [0.1, 0.15) is 17.2 Å². The van der Waals surface area contributed by atoms with Gasteiger partial charge in [0, 0.05) is 11.8 Å². The SMILES string of the molecule is Cc1ccn2c(N=Nc3cccc(C)c3C)c(-c3ccc(F)cc3)nc2c1. The van der Waals surface area contributed by atoms with Crippen LogP contribution in [0.5, 0.6) is 0 Å². The van der Waals surface area contributed by atoms with Crippen LogP contribution in [0.25, 0.3) is 16.9 Å². The molecule has 0 saturated heterocycles. The summed E-state index contributed by atoms with van der Waals surface area (Å²) in [5.41, 5.74) is 6.44. The Hall–Kier alpha value is -3.34. The van der Waals surface area contributed by atoms with E-state index < -0.39 is 0 Å². The van der Waals surface area contributed by atoms with Crippen LogP contribution < -0.4 is 0 Å². The monoisotopic (exact) mass is 358 g/mol. The van der Waals surface area contributed by atoms with E-state index in [0.717, 1.165) is 28.0 Å². The molecule has 4 aromatic rings. The molecule has 134 valence electrons. The average molecular weight is 358 g/mol. The zero-order chi connectivity index (χ0) is 19.0. The standard InChI is InChI=1S/C22H19FN4/c1-14-11-12-27-20(13-14)24-21(17-7-9-18(23)10-8-17)22(27)26-25-19-6-4-5-15(2)16(19)3/h4-13H,1-3H3. The second kappa shape index (κ2) is 6.76. The molecule has 2 aromatic carbocycles. The van der Waals surface area contributed by atoms with Gasteiger partial charge in [0.25, 0.3) is 0 Å². The molecule has 0 aliphatic heterocycles. The molecule has 4 nitrogen and oxygen atoms in total. The summed E-state index contributed by atoms with van der Waals surface area (Å²) in [5, 5.41) is 9.00. The summed E-state index contributed by atoms with van der Waals surface area (Å²) in [6.07, 6.45) is 1.93. The predicted molar refractivity (Wildman–Crippen MR) is 105 cm³/mol. The van der Waals surface area contributed by atoms with Crippen molar-refractivity contribution in [1.29, 1.82) is 0 Å². The largest absolute Gasteiger partial charge is 0.283 e. The molecular formula is C22H19FN4. The van der Waals surface area contributed by atoms with Crippen molar-refractivity contribution in [2.75, 3.05) is 0 Å². The van der Waals surface area contributed by atoms with Crippen LogP contribution in [0.15, 0.2) is 71.0 Å². The van der Waals surface area contributed by atoms with Gasteiger partial charge in [-0.15, -0.1) is 10.2 Å². The molecular weight excluding hydrogens is 339 g/mol. The lowest BCUT2D eigenvalue weighted by Crippen LogP contribution is -1.84. The van der Waals surface area contributed by atoms with Crippen molar-refractivity contribution >= 4 is 17.2 Å². The van der Waals surface area contributed by atoms with Gasteiger partial charge in [-0.05, 0) is 79.9 Å². The second-order valence-electron chi connectivity index (χ2n) is 6.64. The van der Waals surface area contributed by atoms with Crippen LogP contribution in [-0.4, -0.2) is 9.38 Å². The van der Waals surface area contributed by atoms with Crippen LogP contribution in [0.1, 0.15) is 16.7 Å². The molecule has 0 aliphatic carbocycles. The lowest BCUT2D eigenvalue weighted by atomic mass is 10.1. The van der Waals surface area contributed by atoms with Crippen molar-refractivity contribution in [3.8, 4) is 11.3 Å². The molecule has 5 heteroatoms. The maximum Gasteiger partial charge on any atom is 0.187 e. The van der Waals surface area contributed by atoms with E-state index in [4.69, 9.17) is 4.98 Å². The van der Waals surface area contributed by atoms with E-state index in [2.05, 4.69) is 23.2 Å². The third kappa shape index (κ3) is 3.24. The van der Waals surface area contributed by atoms with Crippen LogP contribution in [0, 0.1) is 26.6 Å². The second-order valence-corrected chi connectivity index (χ2v) is 6.64. The lowest BCUT2D eigenvalue weighted by Gasteiger charge is -2.03. The van der Waals surface area contributed by atoms with Crippen LogP contribution >= 0.6 is 0 Å². The number of azo groups is 1. The first kappa shape index (κ1) is 17.1. The van der Waals surface area contributed by atoms with Crippen molar-refractivity contribution in [3.05, 3.63) is 83.3 Å². The van der Waals surface area contributed by atoms with Crippen LogP contribution in [0.4, 0.5) is 15.9 Å². The number of aryl methyl sites for hydroxylation is 2. The highest BCUT2D eigenvalue weighted by Gasteiger charge is 2.14. The molecule has 0 fully saturated rings. The normalized spacial score (nSPS) is 11.6. The van der Waals surface area contributed by atoms with Gasteiger partial charge in [0.05, 0.1) is 5.69 Å². The van der Waals surface area contributed by atoms with E-state index in [0.29, 0.717) is 11.5 Å². The van der Waals surface area contributed by atoms with Crippen molar-refractivity contribution in [2.24, 2.45) is 10.2 Å². The van der Waals surface area contributed by atoms with Gasteiger partial charge in [-0.3, -0.25) is 4.40 Å². The Labute approximate surface area is 157 Å². The maximum atomic E-state index is 13.3. The molecule has 2 aromatic heterocycles. The number of halogens is 1. The van der Waals surface area contributed by atoms with Gasteiger partial charge in [-0.25, -0.2) is 9.37 Å². The quantitative estimate of drug-likeness (QED) is 0.386. The average Bonchev–Trinajstić information content (AvgIpc) is 3.01. The number of hydrogen-bond acceptors (Lipinski definition) is 3. The van der Waals surface area contributed by atoms with E-state index in [1.807, 2.05) is 48.7 Å². The van der Waals surface area contributed by atoms with E-state index in [1.54, 1.807) is 12.1 Å². The number of rotatable bonds is 3. The number of fused-ring (bicyclic) bond motifs is 1. The minimum absolute atomic E-state index is 0.281. The summed E-state index contributed by atoms with van der Waals surface area (Å²) < 4.78 is 15.2. The van der Waals surface area contributed by atoms with Crippen LogP contribution in [0.2, 0.25) is 0 Å². The Kier molecular flexibility index (Phi) is 4.28. The third-order valence-corrected chi connectivity index (χ3v) is 4.70. The summed E-state index contributed by atoms with van der Waals surface area (Å²) >= 11 is 0. The smallest absolute Gasteiger partial charge is 0.187 e. The number of hydrogen-bond donors (Lipinski definition) is 0. The van der Waals surface area contributed by atoms with Gasteiger partial charge in [0.2, 0.25) is 0 Å². The number of imidazole rings is 1. The van der Waals surface area contributed by atoms with E-state index >= 15 is 0 Å². The fourth-order valence-electron chi connectivity index (χ4n) is 2.98. The Morgan fingerprint density at radius 2 is 1.70 bits per heavy atom. The van der Waals surface area contributed by atoms with Gasteiger partial charge in [-0.1, -0.05) is 12.1 Å². The molecule has 4 rings (SSSR count). The highest BCUT2D eigenvalue weighted by Crippen LogP contribution is 2.33. The van der Waals surface area contributed by atoms with Crippen LogP contribution in [-0.2, 0) is 0 Å². The zero-order valence-corrected chi connectivity index (χ0v) is 15.4. The fourth-order valence-corrected chi connectivity index (χ4v) is 2.98. The molecule has 0 amide bonds. The summed E-state index contributed by atoms with van der Waals surface area (Å²) in [6.45, 7) is 6.10. The highest BCUT2D eigenvalue weighted by atomic mass is 19.1. The Morgan fingerprint density at radius 1 is 0.926 bits per heavy atom. The molecule has 2 heterocycles. The topological polar surface area (TPSA) is 42.0 Å². The van der Waals surface area contributed by atoms with Gasteiger partial charge in [0.15, 0.2) is 5.82 Å². The van der Waals surface area contributed by atoms with E-state index in [-0.39, 0.29) is 5.82 Å². The number of benzene rings is 2. The Balaban J connectivity index is 1.89. The molecule has 0 saturated carbocycles. The van der Waals surface area contributed by atoms with Gasteiger partial charge in [-0.2, -0.15) is 0 Å². The summed E-state index contributed by atoms with van der Waals surface area (Å²) in [6, 6.07) is 16.2. The van der Waals surface area contributed by atoms with Crippen LogP contribution in [0.3, 0.4) is 0 Å². The summed E-state index contributed by atoms with van der Waals surface area (Å²) in [4.78, 5) is 4.71. The number of pyridine rings is 1. The van der Waals surface area contributed by atoms with E-state index in [9.17, 15) is 4.39 Å². The predicted octanol–water partition coefficient (Wildman–Crippen LogP) is 6.48. The Morgan fingerprint density at radius 3 is 2.48 bits per heavy atom. The molecule has 0 spiro atoms. The minimum atomic E-state index is -0.281. The highest BCUT2D eigenvalue weighted by molar-refractivity contribution is 5.74. The van der Waals surface area contributed by atoms with Crippen molar-refractivity contribution in [3.63, 3.8) is 0 Å². The molecule has 27 heavy (non-hydrogen) atoms. The van der Waals surface area contributed by atoms with Gasteiger partial charge >= 0.3 is 0 Å². The minimum Gasteiger partial charge on any atom is -0.283 e. The molecule has 0 bridgehead atoms. The molecule has 0 radical (unpaired) electrons. The lowest BCUT2D eigenvalue weighted by molar-refractivity contribution is 0.628. The number of aromatic nitrogens is 2. The maximum absolute atomic E-state index is 13.3. The van der Waals surface area contributed by atoms with Crippen molar-refractivity contribution in [2.45, 2.75) is 20.8 Å². The first-order valence-corrected chi connectivity index (χ1v) is 8.75. The summed E-state index contributed by atoms with van der Waals surface area (Å²) in [7, 11) is 0. The first-order valence-electron chi connectivity index (χ1n) is 8.75. The fraction of sp³-hybridized carbons (Fsp3) is 0.136.